The number of aryl methyl sites for hydroxylation is 2. The van der Waals surface area contributed by atoms with Crippen molar-refractivity contribution in [3.8, 4) is 12.1 Å². The molecular weight excluding hydrogens is 669 g/mol. The highest BCUT2D eigenvalue weighted by atomic mass is 16.4. The second-order valence-corrected chi connectivity index (χ2v) is 13.3. The van der Waals surface area contributed by atoms with E-state index in [9.17, 15) is 30.3 Å². The second-order valence-electron chi connectivity index (χ2n) is 13.3. The Hall–Kier alpha value is -5.72. The Labute approximate surface area is 322 Å². The predicted molar refractivity (Wildman–Crippen MR) is 219 cm³/mol. The average Bonchev–Trinajstić information content (AvgIpc) is 3.19. The average molecular weight is 723 g/mol. The van der Waals surface area contributed by atoms with E-state index in [4.69, 9.17) is 0 Å². The van der Waals surface area contributed by atoms with Gasteiger partial charge in [0.15, 0.2) is 0 Å². The van der Waals surface area contributed by atoms with E-state index in [1.54, 1.807) is 0 Å². The Morgan fingerprint density at radius 1 is 0.500 bits per heavy atom. The van der Waals surface area contributed by atoms with Crippen molar-refractivity contribution in [3.05, 3.63) is 153 Å². The van der Waals surface area contributed by atoms with Crippen LogP contribution in [0.4, 0.5) is 0 Å². The molecule has 0 spiro atoms. The van der Waals surface area contributed by atoms with E-state index in [2.05, 4.69) is 39.8 Å². The summed E-state index contributed by atoms with van der Waals surface area (Å²) in [5, 5.41) is 38.3. The molecule has 0 bridgehead atoms. The first kappa shape index (κ1) is 42.7. The summed E-state index contributed by atoms with van der Waals surface area (Å²) in [5.41, 5.74) is 8.62. The lowest BCUT2D eigenvalue weighted by molar-refractivity contribution is -0.133. The molecule has 0 aromatic heterocycles. The first-order valence-electron chi connectivity index (χ1n) is 19.4. The molecule has 0 radical (unpaired) electrons. The molecule has 4 aromatic rings. The zero-order valence-electron chi connectivity index (χ0n) is 32.3. The maximum absolute atomic E-state index is 11.8. The maximum Gasteiger partial charge on any atom is 0.347 e. The second kappa shape index (κ2) is 23.1. The van der Waals surface area contributed by atoms with E-state index in [0.717, 1.165) is 71.9 Å². The minimum atomic E-state index is -1.19. The molecule has 6 heteroatoms. The van der Waals surface area contributed by atoms with Gasteiger partial charge in [-0.05, 0) is 83.0 Å². The number of hydrogen-bond acceptors (Lipinski definition) is 4. The molecule has 4 rings (SSSR count). The fraction of sp³-hybridized carbons (Fsp3) is 0.333. The van der Waals surface area contributed by atoms with Crippen LogP contribution in [0.1, 0.15) is 124 Å². The molecule has 4 aromatic carbocycles. The summed E-state index contributed by atoms with van der Waals surface area (Å²) in [6, 6.07) is 34.6. The van der Waals surface area contributed by atoms with E-state index in [-0.39, 0.29) is 11.1 Å². The Morgan fingerprint density at radius 3 is 1.17 bits per heavy atom. The van der Waals surface area contributed by atoms with E-state index >= 15 is 0 Å². The minimum absolute atomic E-state index is 0.209. The van der Waals surface area contributed by atoms with Gasteiger partial charge in [-0.1, -0.05) is 163 Å². The van der Waals surface area contributed by atoms with Crippen molar-refractivity contribution in [2.45, 2.75) is 105 Å². The molecule has 0 saturated carbocycles. The number of carbonyl (C=O) groups is 2. The van der Waals surface area contributed by atoms with Gasteiger partial charge in [-0.2, -0.15) is 10.5 Å². The first-order chi connectivity index (χ1) is 26.3. The van der Waals surface area contributed by atoms with Gasteiger partial charge >= 0.3 is 11.9 Å². The summed E-state index contributed by atoms with van der Waals surface area (Å²) in [5.74, 6) is -2.38. The largest absolute Gasteiger partial charge is 0.477 e. The molecule has 0 aliphatic heterocycles. The Bertz CT molecular complexity index is 1830. The van der Waals surface area contributed by atoms with Gasteiger partial charge in [0.05, 0.1) is 0 Å². The highest BCUT2D eigenvalue weighted by molar-refractivity contribution is 6.05. The number of rotatable bonds is 18. The van der Waals surface area contributed by atoms with Gasteiger partial charge in [-0.15, -0.1) is 0 Å². The Balaban J connectivity index is 0.000000290. The van der Waals surface area contributed by atoms with Crippen molar-refractivity contribution < 1.29 is 19.8 Å². The third-order valence-electron chi connectivity index (χ3n) is 9.67. The zero-order chi connectivity index (χ0) is 39.3. The number of carboxylic acid groups (broad SMARTS) is 2. The molecule has 0 aliphatic rings. The Morgan fingerprint density at radius 2 is 0.870 bits per heavy atom. The fourth-order valence-electron chi connectivity index (χ4n) is 7.03. The van der Waals surface area contributed by atoms with Crippen LogP contribution < -0.4 is 0 Å². The number of hydrogen-bond donors (Lipinski definition) is 2. The van der Waals surface area contributed by atoms with E-state index in [1.165, 1.54) is 49.7 Å². The number of carboxylic acids is 2. The summed E-state index contributed by atoms with van der Waals surface area (Å²) >= 11 is 0. The highest BCUT2D eigenvalue weighted by Crippen LogP contribution is 2.34. The SMILES string of the molecule is CCCCCCc1cccc(C(=C(C#N)C(=O)O)c2ccccc2)c1CC.CCCCCCc1cccc(C(=C(C#N)C(=O)O)c2ccccc2)c1CC. The molecule has 280 valence electrons. The zero-order valence-corrected chi connectivity index (χ0v) is 32.3. The monoisotopic (exact) mass is 722 g/mol. The van der Waals surface area contributed by atoms with Gasteiger partial charge in [0.1, 0.15) is 23.3 Å². The van der Waals surface area contributed by atoms with Crippen LogP contribution in [0, 0.1) is 22.7 Å². The van der Waals surface area contributed by atoms with Gasteiger partial charge < -0.3 is 10.2 Å². The van der Waals surface area contributed by atoms with E-state index < -0.39 is 11.9 Å². The van der Waals surface area contributed by atoms with Gasteiger partial charge in [-0.3, -0.25) is 0 Å². The molecule has 0 unspecified atom stereocenters. The van der Waals surface area contributed by atoms with Crippen molar-refractivity contribution in [3.63, 3.8) is 0 Å². The topological polar surface area (TPSA) is 122 Å². The van der Waals surface area contributed by atoms with Gasteiger partial charge in [-0.25, -0.2) is 9.59 Å². The predicted octanol–water partition coefficient (Wildman–Crippen LogP) is 11.6. The summed E-state index contributed by atoms with van der Waals surface area (Å²) in [6.07, 6.45) is 13.1. The first-order valence-corrected chi connectivity index (χ1v) is 19.4. The summed E-state index contributed by atoms with van der Waals surface area (Å²) < 4.78 is 0. The number of unbranched alkanes of at least 4 members (excludes halogenated alkanes) is 6. The van der Waals surface area contributed by atoms with Crippen LogP contribution in [0.5, 0.6) is 0 Å². The smallest absolute Gasteiger partial charge is 0.347 e. The lowest BCUT2D eigenvalue weighted by Gasteiger charge is -2.17. The van der Waals surface area contributed by atoms with E-state index in [0.29, 0.717) is 11.1 Å². The summed E-state index contributed by atoms with van der Waals surface area (Å²) in [7, 11) is 0. The molecule has 0 fully saturated rings. The molecule has 0 heterocycles. The Kier molecular flexibility index (Phi) is 18.2. The molecule has 0 saturated heterocycles. The number of benzene rings is 4. The van der Waals surface area contributed by atoms with Crippen molar-refractivity contribution >= 4 is 23.1 Å². The standard InChI is InChI=1S/2C24H27NO2/c2*1-3-5-6-8-12-18-15-11-16-21(20(18)4-2)23(22(17-25)24(26)27)19-13-9-7-10-14-19/h2*7,9-11,13-16H,3-6,8,12H2,1-2H3,(H,26,27). The molecule has 2 N–H and O–H groups in total. The third kappa shape index (κ3) is 11.6. The van der Waals surface area contributed by atoms with E-state index in [1.807, 2.05) is 97.1 Å². The molecule has 6 nitrogen and oxygen atoms in total. The molecule has 0 amide bonds. The quantitative estimate of drug-likeness (QED) is 0.0599. The van der Waals surface area contributed by atoms with Crippen molar-refractivity contribution in [1.29, 1.82) is 10.5 Å². The van der Waals surface area contributed by atoms with Crippen molar-refractivity contribution in [2.24, 2.45) is 0 Å². The van der Waals surface area contributed by atoms with Gasteiger partial charge in [0.25, 0.3) is 0 Å². The van der Waals surface area contributed by atoms with Crippen LogP contribution in [-0.2, 0) is 35.3 Å². The van der Waals surface area contributed by atoms with Crippen LogP contribution in [-0.4, -0.2) is 22.2 Å². The minimum Gasteiger partial charge on any atom is -0.477 e. The third-order valence-corrected chi connectivity index (χ3v) is 9.67. The van der Waals surface area contributed by atoms with Crippen LogP contribution >= 0.6 is 0 Å². The molecule has 54 heavy (non-hydrogen) atoms. The molecule has 0 atom stereocenters. The molecule has 0 aliphatic carbocycles. The van der Waals surface area contributed by atoms with Gasteiger partial charge in [0, 0.05) is 11.1 Å². The van der Waals surface area contributed by atoms with Crippen LogP contribution in [0.15, 0.2) is 108 Å². The normalized spacial score (nSPS) is 11.6. The van der Waals surface area contributed by atoms with Gasteiger partial charge in [0.2, 0.25) is 0 Å². The molecular formula is C48H54N2O4. The van der Waals surface area contributed by atoms with Crippen molar-refractivity contribution in [2.75, 3.05) is 0 Å². The maximum atomic E-state index is 11.8. The summed E-state index contributed by atoms with van der Waals surface area (Å²) in [4.78, 5) is 23.5. The van der Waals surface area contributed by atoms with Crippen LogP contribution in [0.3, 0.4) is 0 Å². The summed E-state index contributed by atoms with van der Waals surface area (Å²) in [6.45, 7) is 8.57. The van der Waals surface area contributed by atoms with Crippen LogP contribution in [0.25, 0.3) is 11.1 Å². The number of nitriles is 2. The lowest BCUT2D eigenvalue weighted by atomic mass is 9.86. The van der Waals surface area contributed by atoms with Crippen molar-refractivity contribution in [1.82, 2.24) is 0 Å². The fourth-order valence-corrected chi connectivity index (χ4v) is 7.03. The number of aliphatic carboxylic acids is 2. The number of nitrogens with zero attached hydrogens (tertiary/aromatic N) is 2. The highest BCUT2D eigenvalue weighted by Gasteiger charge is 2.22. The van der Waals surface area contributed by atoms with Crippen LogP contribution in [0.2, 0.25) is 0 Å². The lowest BCUT2D eigenvalue weighted by Crippen LogP contribution is -2.07.